The van der Waals surface area contributed by atoms with Gasteiger partial charge in [0.2, 0.25) is 5.95 Å². The van der Waals surface area contributed by atoms with Gasteiger partial charge in [0.05, 0.1) is 11.6 Å². The maximum absolute atomic E-state index is 8.92. The van der Waals surface area contributed by atoms with E-state index in [0.717, 1.165) is 68.8 Å². The molecule has 27 heavy (non-hydrogen) atoms. The van der Waals surface area contributed by atoms with E-state index in [9.17, 15) is 0 Å². The van der Waals surface area contributed by atoms with Crippen LogP contribution in [0.3, 0.4) is 0 Å². The first kappa shape index (κ1) is 17.7. The first-order valence-electron chi connectivity index (χ1n) is 9.78. The Balaban J connectivity index is 1.38. The molecule has 2 fully saturated rings. The van der Waals surface area contributed by atoms with E-state index in [1.54, 1.807) is 0 Å². The lowest BCUT2D eigenvalue weighted by Crippen LogP contribution is -2.46. The Labute approximate surface area is 161 Å². The number of nitriles is 1. The van der Waals surface area contributed by atoms with Gasteiger partial charge in [-0.15, -0.1) is 0 Å². The molecule has 1 aromatic heterocycles. The number of hydrogen-bond donors (Lipinski definition) is 0. The second-order valence-corrected chi connectivity index (χ2v) is 7.43. The fourth-order valence-electron chi connectivity index (χ4n) is 3.84. The van der Waals surface area contributed by atoms with Crippen LogP contribution in [0, 0.1) is 18.3 Å². The standard InChI is InChI=1S/C21H26N6/c1-17-14-20(24-21(23-17)27-8-2-3-9-27)26-12-10-25(11-13-26)16-19-6-4-18(15-22)5-7-19/h4-7,14H,2-3,8-13,16H2,1H3. The summed E-state index contributed by atoms with van der Waals surface area (Å²) in [5.41, 5.74) is 3.02. The van der Waals surface area contributed by atoms with Crippen molar-refractivity contribution in [1.82, 2.24) is 14.9 Å². The summed E-state index contributed by atoms with van der Waals surface area (Å²) in [4.78, 5) is 16.7. The minimum Gasteiger partial charge on any atom is -0.354 e. The molecule has 0 spiro atoms. The van der Waals surface area contributed by atoms with E-state index in [0.29, 0.717) is 0 Å². The van der Waals surface area contributed by atoms with Crippen LogP contribution < -0.4 is 9.80 Å². The number of anilines is 2. The van der Waals surface area contributed by atoms with Gasteiger partial charge in [0, 0.05) is 57.6 Å². The van der Waals surface area contributed by atoms with E-state index < -0.39 is 0 Å². The average molecular weight is 362 g/mol. The van der Waals surface area contributed by atoms with Crippen LogP contribution in [0.1, 0.15) is 29.7 Å². The van der Waals surface area contributed by atoms with Crippen LogP contribution in [0.4, 0.5) is 11.8 Å². The highest BCUT2D eigenvalue weighted by Gasteiger charge is 2.21. The molecule has 2 aromatic rings. The molecule has 2 aliphatic rings. The number of aryl methyl sites for hydroxylation is 1. The molecule has 0 atom stereocenters. The first-order chi connectivity index (χ1) is 13.2. The van der Waals surface area contributed by atoms with Crippen molar-refractivity contribution < 1.29 is 0 Å². The van der Waals surface area contributed by atoms with E-state index >= 15 is 0 Å². The predicted octanol–water partition coefficient (Wildman–Crippen LogP) is 2.58. The number of aromatic nitrogens is 2. The third-order valence-corrected chi connectivity index (χ3v) is 5.40. The molecule has 1 aromatic carbocycles. The molecule has 0 saturated carbocycles. The van der Waals surface area contributed by atoms with Gasteiger partial charge < -0.3 is 9.80 Å². The summed E-state index contributed by atoms with van der Waals surface area (Å²) in [5.74, 6) is 1.95. The Morgan fingerprint density at radius 1 is 0.926 bits per heavy atom. The molecule has 2 saturated heterocycles. The van der Waals surface area contributed by atoms with Gasteiger partial charge in [0.15, 0.2) is 0 Å². The molecule has 2 aliphatic heterocycles. The molecular formula is C21H26N6. The molecule has 0 bridgehead atoms. The lowest BCUT2D eigenvalue weighted by atomic mass is 10.1. The second-order valence-electron chi connectivity index (χ2n) is 7.43. The highest BCUT2D eigenvalue weighted by atomic mass is 15.3. The third-order valence-electron chi connectivity index (χ3n) is 5.40. The van der Waals surface area contributed by atoms with Crippen LogP contribution in [-0.4, -0.2) is 54.1 Å². The fraction of sp³-hybridized carbons (Fsp3) is 0.476. The Morgan fingerprint density at radius 2 is 1.63 bits per heavy atom. The summed E-state index contributed by atoms with van der Waals surface area (Å²) in [6.07, 6.45) is 2.47. The van der Waals surface area contributed by atoms with E-state index in [-0.39, 0.29) is 0 Å². The third kappa shape index (κ3) is 4.20. The maximum atomic E-state index is 8.92. The van der Waals surface area contributed by atoms with E-state index in [1.807, 2.05) is 12.1 Å². The minimum atomic E-state index is 0.719. The highest BCUT2D eigenvalue weighted by Crippen LogP contribution is 2.22. The monoisotopic (exact) mass is 362 g/mol. The van der Waals surface area contributed by atoms with Gasteiger partial charge in [-0.2, -0.15) is 10.2 Å². The van der Waals surface area contributed by atoms with Gasteiger partial charge >= 0.3 is 0 Å². The number of rotatable bonds is 4. The summed E-state index contributed by atoms with van der Waals surface area (Å²) in [7, 11) is 0. The summed E-state index contributed by atoms with van der Waals surface area (Å²) in [6, 6.07) is 12.2. The van der Waals surface area contributed by atoms with Crippen LogP contribution in [0.2, 0.25) is 0 Å². The number of hydrogen-bond acceptors (Lipinski definition) is 6. The van der Waals surface area contributed by atoms with Crippen molar-refractivity contribution in [1.29, 1.82) is 5.26 Å². The SMILES string of the molecule is Cc1cc(N2CCN(Cc3ccc(C#N)cc3)CC2)nc(N2CCCC2)n1. The minimum absolute atomic E-state index is 0.719. The summed E-state index contributed by atoms with van der Waals surface area (Å²) in [5, 5.41) is 8.92. The fourth-order valence-corrected chi connectivity index (χ4v) is 3.84. The van der Waals surface area contributed by atoms with Crippen molar-refractivity contribution in [3.63, 3.8) is 0 Å². The molecule has 3 heterocycles. The largest absolute Gasteiger partial charge is 0.354 e. The van der Waals surface area contributed by atoms with Crippen LogP contribution in [-0.2, 0) is 6.54 Å². The van der Waals surface area contributed by atoms with Crippen molar-refractivity contribution in [2.75, 3.05) is 49.1 Å². The van der Waals surface area contributed by atoms with Gasteiger partial charge in [-0.3, -0.25) is 4.90 Å². The number of nitrogens with zero attached hydrogens (tertiary/aromatic N) is 6. The highest BCUT2D eigenvalue weighted by molar-refractivity contribution is 5.46. The quantitative estimate of drug-likeness (QED) is 0.833. The van der Waals surface area contributed by atoms with Gasteiger partial charge in [-0.05, 0) is 37.5 Å². The molecule has 140 valence electrons. The Bertz CT molecular complexity index is 812. The Morgan fingerprint density at radius 3 is 2.30 bits per heavy atom. The van der Waals surface area contributed by atoms with Crippen LogP contribution in [0.5, 0.6) is 0 Å². The Hall–Kier alpha value is -2.65. The predicted molar refractivity (Wildman–Crippen MR) is 107 cm³/mol. The van der Waals surface area contributed by atoms with Gasteiger partial charge in [-0.1, -0.05) is 12.1 Å². The first-order valence-corrected chi connectivity index (χ1v) is 9.78. The van der Waals surface area contributed by atoms with Crippen LogP contribution in [0.25, 0.3) is 0 Å². The molecule has 0 N–H and O–H groups in total. The maximum Gasteiger partial charge on any atom is 0.227 e. The molecule has 6 nitrogen and oxygen atoms in total. The van der Waals surface area contributed by atoms with E-state index in [1.165, 1.54) is 18.4 Å². The smallest absolute Gasteiger partial charge is 0.227 e. The van der Waals surface area contributed by atoms with Crippen molar-refractivity contribution in [2.45, 2.75) is 26.3 Å². The normalized spacial score (nSPS) is 17.9. The second kappa shape index (κ2) is 7.93. The van der Waals surface area contributed by atoms with Crippen molar-refractivity contribution >= 4 is 11.8 Å². The zero-order valence-corrected chi connectivity index (χ0v) is 15.9. The number of piperazine rings is 1. The Kier molecular flexibility index (Phi) is 5.21. The van der Waals surface area contributed by atoms with Crippen LogP contribution in [0.15, 0.2) is 30.3 Å². The van der Waals surface area contributed by atoms with Gasteiger partial charge in [0.25, 0.3) is 0 Å². The average Bonchev–Trinajstić information content (AvgIpc) is 3.24. The molecule has 4 rings (SSSR count). The van der Waals surface area contributed by atoms with Crippen molar-refractivity contribution in [3.05, 3.63) is 47.2 Å². The molecule has 0 radical (unpaired) electrons. The topological polar surface area (TPSA) is 59.3 Å². The zero-order chi connectivity index (χ0) is 18.6. The summed E-state index contributed by atoms with van der Waals surface area (Å²) in [6.45, 7) is 9.12. The van der Waals surface area contributed by atoms with E-state index in [2.05, 4.69) is 50.9 Å². The molecule has 0 unspecified atom stereocenters. The number of benzene rings is 1. The summed E-state index contributed by atoms with van der Waals surface area (Å²) < 4.78 is 0. The molecule has 6 heteroatoms. The lowest BCUT2D eigenvalue weighted by molar-refractivity contribution is 0.249. The lowest BCUT2D eigenvalue weighted by Gasteiger charge is -2.35. The molecular weight excluding hydrogens is 336 g/mol. The van der Waals surface area contributed by atoms with Crippen molar-refractivity contribution in [3.8, 4) is 6.07 Å². The van der Waals surface area contributed by atoms with E-state index in [4.69, 9.17) is 10.2 Å². The van der Waals surface area contributed by atoms with Gasteiger partial charge in [-0.25, -0.2) is 4.98 Å². The zero-order valence-electron chi connectivity index (χ0n) is 15.9. The molecule has 0 amide bonds. The molecule has 0 aliphatic carbocycles. The summed E-state index contributed by atoms with van der Waals surface area (Å²) >= 11 is 0. The van der Waals surface area contributed by atoms with Crippen LogP contribution >= 0.6 is 0 Å². The van der Waals surface area contributed by atoms with Crippen molar-refractivity contribution in [2.24, 2.45) is 0 Å². The van der Waals surface area contributed by atoms with Gasteiger partial charge in [0.1, 0.15) is 5.82 Å².